The number of hydrogen-bond donors (Lipinski definition) is 0. The lowest BCUT2D eigenvalue weighted by Crippen LogP contribution is -2.08. The molecule has 18 heavy (non-hydrogen) atoms. The third-order valence-electron chi connectivity index (χ3n) is 2.04. The van der Waals surface area contributed by atoms with Gasteiger partial charge < -0.3 is 4.74 Å². The molecule has 1 rings (SSSR count). The predicted octanol–water partition coefficient (Wildman–Crippen LogP) is 2.17. The van der Waals surface area contributed by atoms with Gasteiger partial charge in [0.15, 0.2) is 0 Å². The van der Waals surface area contributed by atoms with Crippen molar-refractivity contribution in [3.63, 3.8) is 0 Å². The third-order valence-corrected chi connectivity index (χ3v) is 3.73. The van der Waals surface area contributed by atoms with Gasteiger partial charge in [-0.15, -0.1) is 0 Å². The molecule has 1 aromatic rings. The van der Waals surface area contributed by atoms with Crippen molar-refractivity contribution in [2.45, 2.75) is 6.42 Å². The van der Waals surface area contributed by atoms with Gasteiger partial charge in [0.1, 0.15) is 15.6 Å². The lowest BCUT2D eigenvalue weighted by molar-refractivity contribution is -0.385. The summed E-state index contributed by atoms with van der Waals surface area (Å²) in [6.07, 6.45) is 1.49. The molecule has 0 unspecified atom stereocenters. The van der Waals surface area contributed by atoms with E-state index in [1.54, 1.807) is 0 Å². The standard InChI is InChI=1S/C10H12BrNO5S/c1-18(15,16)6-2-5-17-10-7-8(12(13)14)3-4-9(10)11/h3-4,7H,2,5-6H2,1H3. The quantitative estimate of drug-likeness (QED) is 0.451. The Morgan fingerprint density at radius 3 is 2.67 bits per heavy atom. The Balaban J connectivity index is 2.61. The molecule has 0 heterocycles. The van der Waals surface area contributed by atoms with E-state index in [1.807, 2.05) is 0 Å². The number of sulfone groups is 1. The SMILES string of the molecule is CS(=O)(=O)CCCOc1cc([N+](=O)[O-])ccc1Br. The van der Waals surface area contributed by atoms with Crippen molar-refractivity contribution in [1.29, 1.82) is 0 Å². The zero-order valence-electron chi connectivity index (χ0n) is 9.63. The van der Waals surface area contributed by atoms with Crippen LogP contribution in [0.3, 0.4) is 0 Å². The van der Waals surface area contributed by atoms with Crippen LogP contribution in [0.4, 0.5) is 5.69 Å². The van der Waals surface area contributed by atoms with Gasteiger partial charge in [-0.25, -0.2) is 8.42 Å². The van der Waals surface area contributed by atoms with Crippen LogP contribution in [0.15, 0.2) is 22.7 Å². The summed E-state index contributed by atoms with van der Waals surface area (Å²) in [7, 11) is -3.01. The first-order valence-electron chi connectivity index (χ1n) is 5.04. The minimum atomic E-state index is -3.01. The zero-order valence-corrected chi connectivity index (χ0v) is 12.0. The Bertz CT molecular complexity index is 543. The summed E-state index contributed by atoms with van der Waals surface area (Å²) in [6, 6.07) is 4.17. The van der Waals surface area contributed by atoms with Crippen molar-refractivity contribution in [1.82, 2.24) is 0 Å². The summed E-state index contributed by atoms with van der Waals surface area (Å²) in [5.74, 6) is 0.359. The number of rotatable bonds is 6. The minimum absolute atomic E-state index is 0.0273. The molecule has 0 aliphatic carbocycles. The monoisotopic (exact) mass is 337 g/mol. The maximum absolute atomic E-state index is 10.9. The Hall–Kier alpha value is -1.15. The predicted molar refractivity (Wildman–Crippen MR) is 70.6 cm³/mol. The molecule has 0 aromatic heterocycles. The van der Waals surface area contributed by atoms with E-state index in [0.29, 0.717) is 16.6 Å². The minimum Gasteiger partial charge on any atom is -0.492 e. The molecule has 8 heteroatoms. The van der Waals surface area contributed by atoms with Gasteiger partial charge in [0.2, 0.25) is 0 Å². The largest absolute Gasteiger partial charge is 0.492 e. The van der Waals surface area contributed by atoms with Gasteiger partial charge in [-0.1, -0.05) is 0 Å². The molecule has 0 amide bonds. The van der Waals surface area contributed by atoms with Gasteiger partial charge >= 0.3 is 0 Å². The molecular weight excluding hydrogens is 326 g/mol. The zero-order chi connectivity index (χ0) is 13.8. The summed E-state index contributed by atoms with van der Waals surface area (Å²) in [6.45, 7) is 0.187. The lowest BCUT2D eigenvalue weighted by atomic mass is 10.3. The number of nitro benzene ring substituents is 1. The molecule has 0 atom stereocenters. The first kappa shape index (κ1) is 14.9. The average Bonchev–Trinajstić information content (AvgIpc) is 2.24. The van der Waals surface area contributed by atoms with E-state index in [0.717, 1.165) is 6.26 Å². The smallest absolute Gasteiger partial charge is 0.273 e. The summed E-state index contributed by atoms with van der Waals surface area (Å²) in [5.41, 5.74) is -0.0729. The fourth-order valence-corrected chi connectivity index (χ4v) is 2.22. The summed E-state index contributed by atoms with van der Waals surface area (Å²) >= 11 is 3.21. The van der Waals surface area contributed by atoms with Crippen molar-refractivity contribution >= 4 is 31.5 Å². The van der Waals surface area contributed by atoms with Gasteiger partial charge in [-0.2, -0.15) is 0 Å². The number of non-ortho nitro benzene ring substituents is 1. The molecule has 1 aromatic carbocycles. The fraction of sp³-hybridized carbons (Fsp3) is 0.400. The van der Waals surface area contributed by atoms with Gasteiger partial charge in [-0.3, -0.25) is 10.1 Å². The second-order valence-electron chi connectivity index (χ2n) is 3.70. The van der Waals surface area contributed by atoms with Gasteiger partial charge in [0.05, 0.1) is 27.8 Å². The molecule has 100 valence electrons. The van der Waals surface area contributed by atoms with Gasteiger partial charge in [0, 0.05) is 12.3 Å². The van der Waals surface area contributed by atoms with Crippen molar-refractivity contribution in [2.24, 2.45) is 0 Å². The third kappa shape index (κ3) is 5.01. The van der Waals surface area contributed by atoms with Crippen LogP contribution in [0.2, 0.25) is 0 Å². The summed E-state index contributed by atoms with van der Waals surface area (Å²) in [5, 5.41) is 10.6. The number of halogens is 1. The number of nitrogens with zero attached hydrogens (tertiary/aromatic N) is 1. The van der Waals surface area contributed by atoms with Crippen molar-refractivity contribution in [3.8, 4) is 5.75 Å². The van der Waals surface area contributed by atoms with Crippen LogP contribution >= 0.6 is 15.9 Å². The molecule has 0 saturated carbocycles. The highest BCUT2D eigenvalue weighted by molar-refractivity contribution is 9.10. The second kappa shape index (κ2) is 6.14. The molecule has 0 radical (unpaired) electrons. The molecule has 0 saturated heterocycles. The normalized spacial score (nSPS) is 11.2. The molecule has 0 aliphatic heterocycles. The second-order valence-corrected chi connectivity index (χ2v) is 6.82. The first-order chi connectivity index (χ1) is 8.29. The number of hydrogen-bond acceptors (Lipinski definition) is 5. The van der Waals surface area contributed by atoms with Gasteiger partial charge in [0.25, 0.3) is 5.69 Å². The highest BCUT2D eigenvalue weighted by Crippen LogP contribution is 2.29. The molecule has 6 nitrogen and oxygen atoms in total. The highest BCUT2D eigenvalue weighted by atomic mass is 79.9. The van der Waals surface area contributed by atoms with Crippen LogP contribution in [0.1, 0.15) is 6.42 Å². The van der Waals surface area contributed by atoms with Crippen molar-refractivity contribution in [3.05, 3.63) is 32.8 Å². The highest BCUT2D eigenvalue weighted by Gasteiger charge is 2.10. The van der Waals surface area contributed by atoms with Crippen LogP contribution in [0, 0.1) is 10.1 Å². The van der Waals surface area contributed by atoms with Crippen LogP contribution in [0.25, 0.3) is 0 Å². The van der Waals surface area contributed by atoms with E-state index in [-0.39, 0.29) is 18.0 Å². The van der Waals surface area contributed by atoms with Crippen LogP contribution < -0.4 is 4.74 Å². The Labute approximate surface area is 113 Å². The van der Waals surface area contributed by atoms with Crippen LogP contribution in [0.5, 0.6) is 5.75 Å². The van der Waals surface area contributed by atoms with E-state index in [9.17, 15) is 18.5 Å². The molecule has 0 bridgehead atoms. The van der Waals surface area contributed by atoms with Crippen molar-refractivity contribution < 1.29 is 18.1 Å². The maximum Gasteiger partial charge on any atom is 0.273 e. The molecular formula is C10H12BrNO5S. The van der Waals surface area contributed by atoms with E-state index in [2.05, 4.69) is 15.9 Å². The Kier molecular flexibility index (Phi) is 5.09. The fourth-order valence-electron chi connectivity index (χ4n) is 1.22. The molecule has 0 spiro atoms. The van der Waals surface area contributed by atoms with E-state index in [4.69, 9.17) is 4.74 Å². The maximum atomic E-state index is 10.9. The Morgan fingerprint density at radius 1 is 1.44 bits per heavy atom. The lowest BCUT2D eigenvalue weighted by Gasteiger charge is -2.07. The van der Waals surface area contributed by atoms with E-state index >= 15 is 0 Å². The number of ether oxygens (including phenoxy) is 1. The topological polar surface area (TPSA) is 86.5 Å². The van der Waals surface area contributed by atoms with Crippen LogP contribution in [-0.4, -0.2) is 32.0 Å². The van der Waals surface area contributed by atoms with E-state index in [1.165, 1.54) is 18.2 Å². The van der Waals surface area contributed by atoms with E-state index < -0.39 is 14.8 Å². The number of benzene rings is 1. The summed E-state index contributed by atoms with van der Waals surface area (Å²) < 4.78 is 27.7. The summed E-state index contributed by atoms with van der Waals surface area (Å²) in [4.78, 5) is 10.1. The molecule has 0 fully saturated rings. The van der Waals surface area contributed by atoms with Gasteiger partial charge in [-0.05, 0) is 28.4 Å². The molecule has 0 N–H and O–H groups in total. The molecule has 0 aliphatic rings. The average molecular weight is 338 g/mol. The van der Waals surface area contributed by atoms with Crippen molar-refractivity contribution in [2.75, 3.05) is 18.6 Å². The number of nitro groups is 1. The van der Waals surface area contributed by atoms with Crippen LogP contribution in [-0.2, 0) is 9.84 Å². The Morgan fingerprint density at radius 2 is 2.11 bits per heavy atom. The first-order valence-corrected chi connectivity index (χ1v) is 7.89.